The minimum Gasteiger partial charge on any atom is -0.394 e. The fraction of sp³-hybridized carbons (Fsp3) is 0.429. The molecule has 12 heteroatoms. The topological polar surface area (TPSA) is 150 Å². The highest BCUT2D eigenvalue weighted by Gasteiger charge is 2.49. The molecule has 4 atom stereocenters. The molecular weight excluding hydrogens is 450 g/mol. The zero-order valence-corrected chi connectivity index (χ0v) is 18.9. The average Bonchev–Trinajstić information content (AvgIpc) is 3.17. The van der Waals surface area contributed by atoms with Crippen LogP contribution in [0.2, 0.25) is 0 Å². The zero-order valence-electron chi connectivity index (χ0n) is 18.1. The molecule has 2 amide bonds. The maximum absolute atomic E-state index is 12.4. The number of nitrogens with two attached hydrogens (primary N) is 1. The Morgan fingerprint density at radius 1 is 1.27 bits per heavy atom. The summed E-state index contributed by atoms with van der Waals surface area (Å²) >= 11 is 5.29. The first-order valence-corrected chi connectivity index (χ1v) is 10.8. The molecule has 0 saturated carbocycles. The number of amides is 2. The van der Waals surface area contributed by atoms with Crippen LogP contribution in [-0.2, 0) is 14.2 Å². The van der Waals surface area contributed by atoms with Crippen LogP contribution in [0, 0.1) is 0 Å². The van der Waals surface area contributed by atoms with Crippen LogP contribution in [-0.4, -0.2) is 62.5 Å². The van der Waals surface area contributed by atoms with Gasteiger partial charge in [0.1, 0.15) is 23.6 Å². The largest absolute Gasteiger partial charge is 0.394 e. The van der Waals surface area contributed by atoms with E-state index in [1.165, 1.54) is 10.9 Å². The van der Waals surface area contributed by atoms with Crippen molar-refractivity contribution in [3.63, 3.8) is 0 Å². The highest BCUT2D eigenvalue weighted by molar-refractivity contribution is 7.80. The van der Waals surface area contributed by atoms with Crippen molar-refractivity contribution in [1.29, 1.82) is 0 Å². The molecule has 5 N–H and O–H groups in total. The molecule has 3 heterocycles. The van der Waals surface area contributed by atoms with Crippen molar-refractivity contribution in [2.45, 2.75) is 50.6 Å². The minimum absolute atomic E-state index is 0.0453. The van der Waals surface area contributed by atoms with E-state index in [1.54, 1.807) is 44.2 Å². The lowest BCUT2D eigenvalue weighted by atomic mass is 9.99. The first-order valence-electron chi connectivity index (χ1n) is 10.3. The van der Waals surface area contributed by atoms with Gasteiger partial charge in [-0.2, -0.15) is 5.10 Å². The van der Waals surface area contributed by atoms with E-state index < -0.39 is 36.0 Å². The van der Waals surface area contributed by atoms with E-state index in [9.17, 15) is 14.7 Å². The normalized spacial score (nSPS) is 25.8. The van der Waals surface area contributed by atoms with E-state index in [0.717, 1.165) is 0 Å². The molecule has 176 valence electrons. The molecule has 4 rings (SSSR count). The summed E-state index contributed by atoms with van der Waals surface area (Å²) in [5.41, 5.74) is 5.99. The third kappa shape index (κ3) is 4.89. The van der Waals surface area contributed by atoms with Gasteiger partial charge in [0.05, 0.1) is 18.9 Å². The number of anilines is 1. The van der Waals surface area contributed by atoms with Crippen molar-refractivity contribution < 1.29 is 28.9 Å². The highest BCUT2D eigenvalue weighted by atomic mass is 32.1. The van der Waals surface area contributed by atoms with Gasteiger partial charge < -0.3 is 30.4 Å². The van der Waals surface area contributed by atoms with Gasteiger partial charge in [0.25, 0.3) is 11.8 Å². The molecule has 0 aliphatic carbocycles. The van der Waals surface area contributed by atoms with Crippen molar-refractivity contribution in [3.8, 4) is 0 Å². The molecule has 0 spiro atoms. The van der Waals surface area contributed by atoms with Gasteiger partial charge in [0.15, 0.2) is 17.1 Å². The van der Waals surface area contributed by atoms with Gasteiger partial charge in [0, 0.05) is 12.0 Å². The quantitative estimate of drug-likeness (QED) is 0.463. The monoisotopic (exact) mass is 475 g/mol. The summed E-state index contributed by atoms with van der Waals surface area (Å²) in [5, 5.41) is 19.4. The van der Waals surface area contributed by atoms with Gasteiger partial charge in [-0.1, -0.05) is 18.2 Å². The molecule has 11 nitrogen and oxygen atoms in total. The van der Waals surface area contributed by atoms with Crippen molar-refractivity contribution in [2.24, 2.45) is 5.73 Å². The Labute approximate surface area is 195 Å². The van der Waals surface area contributed by atoms with Gasteiger partial charge in [-0.15, -0.1) is 0 Å². The molecule has 1 aromatic carbocycles. The van der Waals surface area contributed by atoms with Crippen LogP contribution >= 0.6 is 12.2 Å². The van der Waals surface area contributed by atoms with E-state index in [1.807, 2.05) is 0 Å². The molecular formula is C21H25N5O6S. The number of aliphatic hydroxyl groups is 1. The molecule has 0 radical (unpaired) electrons. The van der Waals surface area contributed by atoms with Crippen LogP contribution < -0.4 is 16.4 Å². The summed E-state index contributed by atoms with van der Waals surface area (Å²) in [7, 11) is 0. The van der Waals surface area contributed by atoms with Gasteiger partial charge in [-0.25, -0.2) is 4.68 Å². The first kappa shape index (κ1) is 23.3. The second-order valence-corrected chi connectivity index (χ2v) is 8.59. The van der Waals surface area contributed by atoms with Crippen LogP contribution in [0.3, 0.4) is 0 Å². The highest BCUT2D eigenvalue weighted by Crippen LogP contribution is 2.41. The molecule has 2 aliphatic heterocycles. The number of nitrogens with one attached hydrogen (secondary N) is 2. The number of ether oxygens (including phenoxy) is 3. The summed E-state index contributed by atoms with van der Waals surface area (Å²) < 4.78 is 19.3. The average molecular weight is 476 g/mol. The van der Waals surface area contributed by atoms with E-state index in [2.05, 4.69) is 15.7 Å². The van der Waals surface area contributed by atoms with Crippen molar-refractivity contribution in [3.05, 3.63) is 47.7 Å². The molecule has 2 aliphatic rings. The maximum Gasteiger partial charge on any atom is 0.257 e. The lowest BCUT2D eigenvalue weighted by Crippen LogP contribution is -2.58. The summed E-state index contributed by atoms with van der Waals surface area (Å²) in [6, 6.07) is 8.53. The number of aromatic nitrogens is 2. The number of fused-ring (bicyclic) bond motifs is 2. The summed E-state index contributed by atoms with van der Waals surface area (Å²) in [6.45, 7) is 3.27. The Balaban J connectivity index is 1.60. The number of nitrogens with zero attached hydrogens (tertiary/aromatic N) is 2. The van der Waals surface area contributed by atoms with Crippen molar-refractivity contribution in [2.75, 3.05) is 11.9 Å². The third-order valence-electron chi connectivity index (χ3n) is 5.36. The predicted molar refractivity (Wildman–Crippen MR) is 120 cm³/mol. The van der Waals surface area contributed by atoms with Crippen LogP contribution in [0.4, 0.5) is 5.82 Å². The number of benzene rings is 1. The number of thiocarbonyl (C=S) groups is 1. The van der Waals surface area contributed by atoms with Crippen LogP contribution in [0.5, 0.6) is 0 Å². The first-order chi connectivity index (χ1) is 15.7. The van der Waals surface area contributed by atoms with Gasteiger partial charge in [-0.3, -0.25) is 14.9 Å². The van der Waals surface area contributed by atoms with E-state index >= 15 is 0 Å². The second kappa shape index (κ2) is 9.15. The predicted octanol–water partition coefficient (Wildman–Crippen LogP) is 0.909. The van der Waals surface area contributed by atoms with E-state index in [0.29, 0.717) is 12.0 Å². The molecule has 1 aromatic heterocycles. The van der Waals surface area contributed by atoms with Crippen molar-refractivity contribution >= 4 is 35.0 Å². The molecule has 2 aromatic rings. The molecule has 2 saturated heterocycles. The van der Waals surface area contributed by atoms with Gasteiger partial charge in [0.2, 0.25) is 0 Å². The number of primary amides is 1. The second-order valence-electron chi connectivity index (χ2n) is 8.19. The molecule has 1 unspecified atom stereocenters. The molecule has 2 fully saturated rings. The summed E-state index contributed by atoms with van der Waals surface area (Å²) in [4.78, 5) is 24.5. The Kier molecular flexibility index (Phi) is 6.45. The number of rotatable bonds is 5. The fourth-order valence-electron chi connectivity index (χ4n) is 3.98. The van der Waals surface area contributed by atoms with Gasteiger partial charge >= 0.3 is 0 Å². The number of carbonyl (C=O) groups excluding carboxylic acids is 2. The number of aliphatic hydroxyl groups excluding tert-OH is 1. The van der Waals surface area contributed by atoms with Crippen LogP contribution in [0.1, 0.15) is 47.2 Å². The SMILES string of the molecule is CC1(C)OC2C[C@H](O1)[C@H](n1ncc(C(N)=O)c1NC(=S)NC(=O)c1ccccc1)O[C@@H]2CO. The fourth-order valence-corrected chi connectivity index (χ4v) is 4.17. The number of carbonyl (C=O) groups is 2. The Hall–Kier alpha value is -2.90. The molecule has 2 bridgehead atoms. The standard InChI is InChI=1S/C21H25N5O6S/c1-21(2)31-13-8-14(32-21)19(30-15(13)10-27)26-17(12(9-23-26)16(22)28)24-20(33)25-18(29)11-6-4-3-5-7-11/h3-7,9,13-15,19,27H,8,10H2,1-2H3,(H2,22,28)(H2,24,25,29,33)/t13?,14-,15+,19+/m0/s1. The Morgan fingerprint density at radius 3 is 2.64 bits per heavy atom. The van der Waals surface area contributed by atoms with E-state index in [-0.39, 0.29) is 29.2 Å². The molecule has 33 heavy (non-hydrogen) atoms. The number of hydrogen-bond donors (Lipinski definition) is 4. The lowest BCUT2D eigenvalue weighted by molar-refractivity contribution is -0.374. The van der Waals surface area contributed by atoms with E-state index in [4.69, 9.17) is 32.2 Å². The number of hydrogen-bond acceptors (Lipinski definition) is 8. The Bertz CT molecular complexity index is 1060. The summed E-state index contributed by atoms with van der Waals surface area (Å²) in [5.74, 6) is -1.95. The minimum atomic E-state index is -0.907. The smallest absolute Gasteiger partial charge is 0.257 e. The van der Waals surface area contributed by atoms with Gasteiger partial charge in [-0.05, 0) is 38.2 Å². The van der Waals surface area contributed by atoms with Crippen LogP contribution in [0.25, 0.3) is 0 Å². The lowest BCUT2D eigenvalue weighted by Gasteiger charge is -2.49. The maximum atomic E-state index is 12.4. The van der Waals surface area contributed by atoms with Crippen molar-refractivity contribution in [1.82, 2.24) is 15.1 Å². The van der Waals surface area contributed by atoms with Crippen LogP contribution in [0.15, 0.2) is 36.5 Å². The Morgan fingerprint density at radius 2 is 1.97 bits per heavy atom. The zero-order chi connectivity index (χ0) is 23.8. The summed E-state index contributed by atoms with van der Waals surface area (Å²) in [6.07, 6.45) is -0.582. The third-order valence-corrected chi connectivity index (χ3v) is 5.56.